The summed E-state index contributed by atoms with van der Waals surface area (Å²) in [5.74, 6) is 0.547. The Bertz CT molecular complexity index is 943. The van der Waals surface area contributed by atoms with Crippen LogP contribution < -0.4 is 5.32 Å². The number of oxazole rings is 1. The highest BCUT2D eigenvalue weighted by Crippen LogP contribution is 2.34. The molecule has 0 bridgehead atoms. The number of fused-ring (bicyclic) bond motifs is 1. The molecule has 1 heterocycles. The van der Waals surface area contributed by atoms with E-state index in [4.69, 9.17) is 4.42 Å². The summed E-state index contributed by atoms with van der Waals surface area (Å²) >= 11 is 0. The molecule has 4 rings (SSSR count). The number of anilines is 1. The summed E-state index contributed by atoms with van der Waals surface area (Å²) in [5.41, 5.74) is 6.00. The van der Waals surface area contributed by atoms with E-state index < -0.39 is 0 Å². The minimum Gasteiger partial charge on any atom is -0.444 e. The molecule has 0 spiro atoms. The molecule has 3 aromatic rings. The van der Waals surface area contributed by atoms with Crippen molar-refractivity contribution in [3.05, 3.63) is 71.1 Å². The van der Waals surface area contributed by atoms with Gasteiger partial charge in [0.2, 0.25) is 11.8 Å². The predicted molar refractivity (Wildman–Crippen MR) is 97.5 cm³/mol. The first-order valence-corrected chi connectivity index (χ1v) is 8.53. The van der Waals surface area contributed by atoms with Gasteiger partial charge in [-0.2, -0.15) is 0 Å². The number of carbonyl (C=O) groups is 1. The van der Waals surface area contributed by atoms with Crippen molar-refractivity contribution in [2.45, 2.75) is 32.6 Å². The maximum atomic E-state index is 12.8. The maximum Gasteiger partial charge on any atom is 0.231 e. The van der Waals surface area contributed by atoms with Crippen LogP contribution >= 0.6 is 0 Å². The van der Waals surface area contributed by atoms with Gasteiger partial charge in [-0.25, -0.2) is 4.98 Å². The Morgan fingerprint density at radius 2 is 2.04 bits per heavy atom. The number of hydrogen-bond acceptors (Lipinski definition) is 3. The van der Waals surface area contributed by atoms with Crippen molar-refractivity contribution in [2.24, 2.45) is 0 Å². The summed E-state index contributed by atoms with van der Waals surface area (Å²) in [6.07, 6.45) is 3.46. The Balaban J connectivity index is 1.58. The van der Waals surface area contributed by atoms with E-state index in [9.17, 15) is 4.79 Å². The fraction of sp³-hybridized carbons (Fsp3) is 0.238. The summed E-state index contributed by atoms with van der Waals surface area (Å²) in [7, 11) is 0. The lowest BCUT2D eigenvalue weighted by atomic mass is 10.00. The smallest absolute Gasteiger partial charge is 0.231 e. The molecule has 4 nitrogen and oxygen atoms in total. The molecule has 25 heavy (non-hydrogen) atoms. The summed E-state index contributed by atoms with van der Waals surface area (Å²) in [5, 5.41) is 3.06. The summed E-state index contributed by atoms with van der Waals surface area (Å²) in [6, 6.07) is 14.0. The van der Waals surface area contributed by atoms with Crippen LogP contribution in [0.25, 0.3) is 11.5 Å². The third-order valence-corrected chi connectivity index (χ3v) is 4.80. The fourth-order valence-electron chi connectivity index (χ4n) is 3.47. The molecule has 2 aromatic carbocycles. The molecule has 4 heteroatoms. The van der Waals surface area contributed by atoms with Crippen LogP contribution in [0.5, 0.6) is 0 Å². The SMILES string of the molecule is Cc1coc(-c2cc(NC(=O)C3CCc4ccccc43)ccc2C)n1. The highest BCUT2D eigenvalue weighted by atomic mass is 16.3. The predicted octanol–water partition coefficient (Wildman–Crippen LogP) is 4.63. The summed E-state index contributed by atoms with van der Waals surface area (Å²) < 4.78 is 5.51. The topological polar surface area (TPSA) is 55.1 Å². The minimum atomic E-state index is -0.0788. The molecular formula is C21H20N2O2. The van der Waals surface area contributed by atoms with Gasteiger partial charge in [0.25, 0.3) is 0 Å². The highest BCUT2D eigenvalue weighted by molar-refractivity contribution is 5.97. The van der Waals surface area contributed by atoms with Gasteiger partial charge in [-0.1, -0.05) is 30.3 Å². The van der Waals surface area contributed by atoms with Crippen LogP contribution in [0.4, 0.5) is 5.69 Å². The Morgan fingerprint density at radius 1 is 1.20 bits per heavy atom. The molecule has 1 atom stereocenters. The molecule has 1 aliphatic carbocycles. The van der Waals surface area contributed by atoms with E-state index >= 15 is 0 Å². The average molecular weight is 332 g/mol. The van der Waals surface area contributed by atoms with E-state index in [0.717, 1.165) is 40.9 Å². The number of nitrogens with one attached hydrogen (secondary N) is 1. The van der Waals surface area contributed by atoms with E-state index in [2.05, 4.69) is 22.4 Å². The van der Waals surface area contributed by atoms with Gasteiger partial charge in [0.1, 0.15) is 6.26 Å². The van der Waals surface area contributed by atoms with E-state index in [1.54, 1.807) is 6.26 Å². The van der Waals surface area contributed by atoms with Gasteiger partial charge in [-0.15, -0.1) is 0 Å². The molecule has 126 valence electrons. The quantitative estimate of drug-likeness (QED) is 0.761. The van der Waals surface area contributed by atoms with E-state index in [0.29, 0.717) is 5.89 Å². The lowest BCUT2D eigenvalue weighted by Crippen LogP contribution is -2.19. The average Bonchev–Trinajstić information content (AvgIpc) is 3.23. The molecule has 1 unspecified atom stereocenters. The van der Waals surface area contributed by atoms with Crippen LogP contribution in [0.3, 0.4) is 0 Å². The van der Waals surface area contributed by atoms with E-state index in [-0.39, 0.29) is 11.8 Å². The van der Waals surface area contributed by atoms with Crippen molar-refractivity contribution in [1.29, 1.82) is 0 Å². The van der Waals surface area contributed by atoms with Gasteiger partial charge in [0, 0.05) is 11.3 Å². The zero-order chi connectivity index (χ0) is 17.4. The zero-order valence-electron chi connectivity index (χ0n) is 14.4. The van der Waals surface area contributed by atoms with Crippen molar-refractivity contribution in [2.75, 3.05) is 5.32 Å². The van der Waals surface area contributed by atoms with Crippen LogP contribution in [0, 0.1) is 13.8 Å². The number of carbonyl (C=O) groups excluding carboxylic acids is 1. The lowest BCUT2D eigenvalue weighted by Gasteiger charge is -2.13. The van der Waals surface area contributed by atoms with Gasteiger partial charge >= 0.3 is 0 Å². The second kappa shape index (κ2) is 6.20. The first-order valence-electron chi connectivity index (χ1n) is 8.53. The van der Waals surface area contributed by atoms with Crippen LogP contribution in [0.2, 0.25) is 0 Å². The molecule has 1 aromatic heterocycles. The number of rotatable bonds is 3. The monoisotopic (exact) mass is 332 g/mol. The van der Waals surface area contributed by atoms with Crippen LogP contribution in [-0.2, 0) is 11.2 Å². The third kappa shape index (κ3) is 2.95. The minimum absolute atomic E-state index is 0.0448. The van der Waals surface area contributed by atoms with Crippen LogP contribution in [0.15, 0.2) is 53.1 Å². The Labute approximate surface area is 146 Å². The van der Waals surface area contributed by atoms with Crippen molar-refractivity contribution in [1.82, 2.24) is 4.98 Å². The largest absolute Gasteiger partial charge is 0.444 e. The number of benzene rings is 2. The maximum absolute atomic E-state index is 12.8. The first kappa shape index (κ1) is 15.6. The highest BCUT2D eigenvalue weighted by Gasteiger charge is 2.28. The van der Waals surface area contributed by atoms with Gasteiger partial charge < -0.3 is 9.73 Å². The number of hydrogen-bond donors (Lipinski definition) is 1. The molecular weight excluding hydrogens is 312 g/mol. The normalized spacial score (nSPS) is 15.8. The standard InChI is InChI=1S/C21H20N2O2/c1-13-7-9-16(11-19(13)21-22-14(2)12-25-21)23-20(24)18-10-8-15-5-3-4-6-17(15)18/h3-7,9,11-12,18H,8,10H2,1-2H3,(H,23,24). The number of aryl methyl sites for hydroxylation is 3. The second-order valence-electron chi connectivity index (χ2n) is 6.60. The van der Waals surface area contributed by atoms with Gasteiger partial charge in [0.05, 0.1) is 11.6 Å². The molecule has 1 amide bonds. The Hall–Kier alpha value is -2.88. The molecule has 1 N–H and O–H groups in total. The number of amides is 1. The summed E-state index contributed by atoms with van der Waals surface area (Å²) in [4.78, 5) is 17.2. The molecule has 1 aliphatic rings. The zero-order valence-corrected chi connectivity index (χ0v) is 14.4. The summed E-state index contributed by atoms with van der Waals surface area (Å²) in [6.45, 7) is 3.90. The molecule has 0 radical (unpaired) electrons. The van der Waals surface area contributed by atoms with E-state index in [1.165, 1.54) is 5.56 Å². The van der Waals surface area contributed by atoms with E-state index in [1.807, 2.05) is 44.2 Å². The van der Waals surface area contributed by atoms with Gasteiger partial charge in [0.15, 0.2) is 0 Å². The number of nitrogens with zero attached hydrogens (tertiary/aromatic N) is 1. The Morgan fingerprint density at radius 3 is 2.84 bits per heavy atom. The number of aromatic nitrogens is 1. The van der Waals surface area contributed by atoms with Gasteiger partial charge in [-0.3, -0.25) is 4.79 Å². The molecule has 0 saturated heterocycles. The van der Waals surface area contributed by atoms with Crippen LogP contribution in [-0.4, -0.2) is 10.9 Å². The molecule has 0 fully saturated rings. The molecule has 0 aliphatic heterocycles. The second-order valence-corrected chi connectivity index (χ2v) is 6.60. The van der Waals surface area contributed by atoms with Crippen LogP contribution in [0.1, 0.15) is 34.7 Å². The Kier molecular flexibility index (Phi) is 3.88. The fourth-order valence-corrected chi connectivity index (χ4v) is 3.47. The first-order chi connectivity index (χ1) is 12.1. The third-order valence-electron chi connectivity index (χ3n) is 4.80. The van der Waals surface area contributed by atoms with Crippen molar-refractivity contribution >= 4 is 11.6 Å². The van der Waals surface area contributed by atoms with Crippen molar-refractivity contribution < 1.29 is 9.21 Å². The lowest BCUT2D eigenvalue weighted by molar-refractivity contribution is -0.117. The van der Waals surface area contributed by atoms with Gasteiger partial charge in [-0.05, 0) is 55.5 Å². The van der Waals surface area contributed by atoms with Crippen molar-refractivity contribution in [3.63, 3.8) is 0 Å². The van der Waals surface area contributed by atoms with Crippen molar-refractivity contribution in [3.8, 4) is 11.5 Å². The molecule has 0 saturated carbocycles.